The second-order valence-electron chi connectivity index (χ2n) is 6.77. The molecule has 0 fully saturated rings. The molecule has 0 spiro atoms. The number of amides is 1. The zero-order valence-electron chi connectivity index (χ0n) is 16.7. The highest BCUT2D eigenvalue weighted by molar-refractivity contribution is 7.98. The van der Waals surface area contributed by atoms with Gasteiger partial charge >= 0.3 is 0 Å². The Morgan fingerprint density at radius 1 is 1.17 bits per heavy atom. The summed E-state index contributed by atoms with van der Waals surface area (Å²) < 4.78 is 25.2. The number of thioether (sulfide) groups is 1. The quantitative estimate of drug-likeness (QED) is 0.557. The molecular weight excluding hydrogens is 406 g/mol. The van der Waals surface area contributed by atoms with E-state index in [2.05, 4.69) is 4.98 Å². The number of nitrogens with zero attached hydrogens (tertiary/aromatic N) is 3. The zero-order chi connectivity index (χ0) is 21.2. The van der Waals surface area contributed by atoms with E-state index in [1.165, 1.54) is 18.0 Å². The van der Waals surface area contributed by atoms with Gasteiger partial charge in [0.15, 0.2) is 15.0 Å². The van der Waals surface area contributed by atoms with E-state index in [4.69, 9.17) is 0 Å². The molecule has 8 heteroatoms. The average Bonchev–Trinajstić information content (AvgIpc) is 3.20. The summed E-state index contributed by atoms with van der Waals surface area (Å²) in [7, 11) is -1.50. The molecule has 0 bridgehead atoms. The van der Waals surface area contributed by atoms with Gasteiger partial charge in [-0.05, 0) is 49.1 Å². The van der Waals surface area contributed by atoms with Gasteiger partial charge in [0.25, 0.3) is 5.91 Å². The molecule has 3 rings (SSSR count). The third-order valence-electron chi connectivity index (χ3n) is 4.85. The molecule has 29 heavy (non-hydrogen) atoms. The first-order valence-electron chi connectivity index (χ1n) is 8.97. The number of sulfone groups is 1. The van der Waals surface area contributed by atoms with E-state index in [0.29, 0.717) is 5.56 Å². The van der Waals surface area contributed by atoms with Crippen molar-refractivity contribution in [3.8, 4) is 5.69 Å². The first kappa shape index (κ1) is 21.1. The van der Waals surface area contributed by atoms with Crippen molar-refractivity contribution in [2.45, 2.75) is 23.0 Å². The highest BCUT2D eigenvalue weighted by Crippen LogP contribution is 2.24. The Hall–Kier alpha value is -2.58. The molecule has 0 aliphatic heterocycles. The molecule has 0 aliphatic carbocycles. The number of imidazole rings is 1. The largest absolute Gasteiger partial charge is 0.335 e. The molecule has 0 saturated carbocycles. The number of benzene rings is 2. The van der Waals surface area contributed by atoms with Crippen LogP contribution in [0, 0.1) is 0 Å². The third-order valence-corrected chi connectivity index (χ3v) is 6.65. The second kappa shape index (κ2) is 8.42. The van der Waals surface area contributed by atoms with Crippen LogP contribution in [-0.4, -0.2) is 48.3 Å². The first-order chi connectivity index (χ1) is 13.7. The summed E-state index contributed by atoms with van der Waals surface area (Å²) in [5.74, 6) is -0.114. The van der Waals surface area contributed by atoms with Crippen LogP contribution in [-0.2, 0) is 9.84 Å². The van der Waals surface area contributed by atoms with Gasteiger partial charge in [0.05, 0.1) is 10.9 Å². The lowest BCUT2D eigenvalue weighted by Gasteiger charge is -2.26. The minimum absolute atomic E-state index is 0.114. The predicted octanol–water partition coefficient (Wildman–Crippen LogP) is 3.83. The summed E-state index contributed by atoms with van der Waals surface area (Å²) >= 11 is 1.54. The topological polar surface area (TPSA) is 72.3 Å². The zero-order valence-corrected chi connectivity index (χ0v) is 18.4. The van der Waals surface area contributed by atoms with Crippen LogP contribution in [0.4, 0.5) is 0 Å². The van der Waals surface area contributed by atoms with Gasteiger partial charge in [0, 0.05) is 36.9 Å². The standard InChI is InChI=1S/C21H23N3O3S2/c1-15(16-8-10-19(11-9-16)29(4,26)27)23(2)20(25)17-6-5-7-18(14-17)24-13-12-22-21(24)28-3/h5-15H,1-4H3. The lowest BCUT2D eigenvalue weighted by Crippen LogP contribution is -2.29. The van der Waals surface area contributed by atoms with E-state index >= 15 is 0 Å². The average molecular weight is 430 g/mol. The number of carbonyl (C=O) groups is 1. The van der Waals surface area contributed by atoms with E-state index in [-0.39, 0.29) is 16.8 Å². The van der Waals surface area contributed by atoms with Gasteiger partial charge in [-0.3, -0.25) is 9.36 Å². The number of carbonyl (C=O) groups excluding carboxylic acids is 1. The van der Waals surface area contributed by atoms with Gasteiger partial charge in [-0.15, -0.1) is 0 Å². The van der Waals surface area contributed by atoms with Crippen molar-refractivity contribution in [3.05, 3.63) is 72.1 Å². The van der Waals surface area contributed by atoms with Crippen LogP contribution in [0.15, 0.2) is 71.0 Å². The van der Waals surface area contributed by atoms with Gasteiger partial charge < -0.3 is 4.90 Å². The number of aromatic nitrogens is 2. The molecule has 1 unspecified atom stereocenters. The molecule has 1 atom stereocenters. The molecule has 6 nitrogen and oxygen atoms in total. The summed E-state index contributed by atoms with van der Waals surface area (Å²) in [6, 6.07) is 13.9. The van der Waals surface area contributed by atoms with Crippen molar-refractivity contribution in [1.29, 1.82) is 0 Å². The van der Waals surface area contributed by atoms with E-state index in [1.807, 2.05) is 42.1 Å². The summed E-state index contributed by atoms with van der Waals surface area (Å²) in [6.07, 6.45) is 6.73. The van der Waals surface area contributed by atoms with Crippen LogP contribution >= 0.6 is 11.8 Å². The van der Waals surface area contributed by atoms with Gasteiger partial charge in [0.1, 0.15) is 0 Å². The predicted molar refractivity (Wildman–Crippen MR) is 115 cm³/mol. The van der Waals surface area contributed by atoms with Gasteiger partial charge in [-0.25, -0.2) is 13.4 Å². The number of rotatable bonds is 6. The van der Waals surface area contributed by atoms with Crippen molar-refractivity contribution < 1.29 is 13.2 Å². The van der Waals surface area contributed by atoms with Crippen LogP contribution in [0.25, 0.3) is 5.69 Å². The van der Waals surface area contributed by atoms with E-state index in [1.54, 1.807) is 48.5 Å². The fourth-order valence-electron chi connectivity index (χ4n) is 3.02. The minimum Gasteiger partial charge on any atom is -0.335 e. The number of hydrogen-bond donors (Lipinski definition) is 0. The van der Waals surface area contributed by atoms with Crippen molar-refractivity contribution in [2.75, 3.05) is 19.6 Å². The second-order valence-corrected chi connectivity index (χ2v) is 9.56. The molecule has 0 N–H and O–H groups in total. The summed E-state index contributed by atoms with van der Waals surface area (Å²) in [5, 5.41) is 0.849. The van der Waals surface area contributed by atoms with E-state index in [0.717, 1.165) is 16.4 Å². The molecule has 1 aromatic heterocycles. The lowest BCUT2D eigenvalue weighted by molar-refractivity contribution is 0.0742. The van der Waals surface area contributed by atoms with Gasteiger partial charge in [0.2, 0.25) is 0 Å². The summed E-state index contributed by atoms with van der Waals surface area (Å²) in [4.78, 5) is 19.3. The van der Waals surface area contributed by atoms with E-state index < -0.39 is 9.84 Å². The maximum absolute atomic E-state index is 13.1. The molecule has 0 radical (unpaired) electrons. The first-order valence-corrected chi connectivity index (χ1v) is 12.1. The molecule has 0 saturated heterocycles. The molecule has 152 valence electrons. The van der Waals surface area contributed by atoms with Crippen LogP contribution in [0.3, 0.4) is 0 Å². The molecular formula is C21H23N3O3S2. The van der Waals surface area contributed by atoms with Crippen molar-refractivity contribution in [2.24, 2.45) is 0 Å². The lowest BCUT2D eigenvalue weighted by atomic mass is 10.1. The maximum atomic E-state index is 13.1. The minimum atomic E-state index is -3.25. The number of hydrogen-bond acceptors (Lipinski definition) is 5. The van der Waals surface area contributed by atoms with Crippen LogP contribution in [0.2, 0.25) is 0 Å². The Balaban J connectivity index is 1.84. The van der Waals surface area contributed by atoms with Gasteiger partial charge in [-0.2, -0.15) is 0 Å². The third kappa shape index (κ3) is 4.54. The Kier molecular flexibility index (Phi) is 6.14. The Labute approximate surface area is 175 Å². The maximum Gasteiger partial charge on any atom is 0.254 e. The SMILES string of the molecule is CSc1nccn1-c1cccc(C(=O)N(C)C(C)c2ccc(S(C)(=O)=O)cc2)c1. The smallest absolute Gasteiger partial charge is 0.254 e. The Morgan fingerprint density at radius 3 is 2.48 bits per heavy atom. The molecule has 0 aliphatic rings. The Morgan fingerprint density at radius 2 is 1.86 bits per heavy atom. The van der Waals surface area contributed by atoms with Crippen LogP contribution in [0.1, 0.15) is 28.9 Å². The highest BCUT2D eigenvalue weighted by atomic mass is 32.2. The van der Waals surface area contributed by atoms with E-state index in [9.17, 15) is 13.2 Å². The van der Waals surface area contributed by atoms with Crippen LogP contribution in [0.5, 0.6) is 0 Å². The Bertz CT molecular complexity index is 1120. The molecule has 1 heterocycles. The van der Waals surface area contributed by atoms with Crippen molar-refractivity contribution in [1.82, 2.24) is 14.5 Å². The molecule has 2 aromatic carbocycles. The van der Waals surface area contributed by atoms with Crippen LogP contribution < -0.4 is 0 Å². The normalized spacial score (nSPS) is 12.6. The molecule has 1 amide bonds. The molecule has 3 aromatic rings. The fourth-order valence-corrected chi connectivity index (χ4v) is 4.18. The summed E-state index contributed by atoms with van der Waals surface area (Å²) in [6.45, 7) is 1.92. The van der Waals surface area contributed by atoms with Gasteiger partial charge in [-0.1, -0.05) is 30.0 Å². The summed E-state index contributed by atoms with van der Waals surface area (Å²) in [5.41, 5.74) is 2.31. The van der Waals surface area contributed by atoms with Crippen molar-refractivity contribution >= 4 is 27.5 Å². The fraction of sp³-hybridized carbons (Fsp3) is 0.238. The van der Waals surface area contributed by atoms with Crippen molar-refractivity contribution in [3.63, 3.8) is 0 Å². The monoisotopic (exact) mass is 429 g/mol. The highest BCUT2D eigenvalue weighted by Gasteiger charge is 2.20.